The van der Waals surface area contributed by atoms with Gasteiger partial charge in [0.1, 0.15) is 11.2 Å². The average molecular weight is 409 g/mol. The summed E-state index contributed by atoms with van der Waals surface area (Å²) in [4.78, 5) is 34.5. The maximum Gasteiger partial charge on any atom is 0.262 e. The molecule has 3 N–H and O–H groups in total. The molecule has 0 saturated carbocycles. The van der Waals surface area contributed by atoms with Crippen molar-refractivity contribution in [3.05, 3.63) is 52.7 Å². The van der Waals surface area contributed by atoms with Gasteiger partial charge in [-0.2, -0.15) is 20.1 Å². The molecule has 0 amide bonds. The minimum Gasteiger partial charge on any atom is -0.368 e. The Kier molecular flexibility index (Phi) is 4.89. The van der Waals surface area contributed by atoms with Crippen molar-refractivity contribution in [3.63, 3.8) is 0 Å². The van der Waals surface area contributed by atoms with E-state index < -0.39 is 0 Å². The second-order valence-corrected chi connectivity index (χ2v) is 7.84. The maximum atomic E-state index is 12.5. The topological polar surface area (TPSA) is 132 Å². The van der Waals surface area contributed by atoms with E-state index in [4.69, 9.17) is 5.73 Å². The number of nitrogens with one attached hydrogen (secondary N) is 1. The Balaban J connectivity index is 1.71. The van der Waals surface area contributed by atoms with E-state index in [-0.39, 0.29) is 16.8 Å². The number of rotatable bonds is 5. The summed E-state index contributed by atoms with van der Waals surface area (Å²) < 4.78 is 1.64. The van der Waals surface area contributed by atoms with Gasteiger partial charge in [-0.1, -0.05) is 30.0 Å². The molecule has 4 aromatic rings. The Bertz CT molecular complexity index is 1220. The van der Waals surface area contributed by atoms with Gasteiger partial charge in [0, 0.05) is 14.1 Å². The molecule has 10 nitrogen and oxygen atoms in total. The van der Waals surface area contributed by atoms with E-state index in [9.17, 15) is 4.79 Å². The number of para-hydroxylation sites is 1. The lowest BCUT2D eigenvalue weighted by Crippen LogP contribution is -2.16. The van der Waals surface area contributed by atoms with E-state index >= 15 is 0 Å². The van der Waals surface area contributed by atoms with Gasteiger partial charge in [0.25, 0.3) is 5.56 Å². The number of aromatic amines is 1. The molecule has 3 heterocycles. The third-order valence-corrected chi connectivity index (χ3v) is 5.11. The van der Waals surface area contributed by atoms with E-state index in [0.29, 0.717) is 28.0 Å². The number of hydrogen-bond acceptors (Lipinski definition) is 9. The lowest BCUT2D eigenvalue weighted by atomic mass is 10.3. The van der Waals surface area contributed by atoms with Crippen LogP contribution in [0, 0.1) is 0 Å². The number of nitrogens with two attached hydrogens (primary N) is 1. The van der Waals surface area contributed by atoms with Crippen LogP contribution in [0.3, 0.4) is 0 Å². The number of aromatic nitrogens is 7. The van der Waals surface area contributed by atoms with Crippen molar-refractivity contribution in [2.75, 3.05) is 24.7 Å². The monoisotopic (exact) mass is 409 g/mol. The molecule has 1 atom stereocenters. The molecule has 0 bridgehead atoms. The first-order chi connectivity index (χ1) is 13.9. The number of anilines is 2. The van der Waals surface area contributed by atoms with Crippen LogP contribution in [0.15, 0.2) is 46.5 Å². The third-order valence-electron chi connectivity index (χ3n) is 4.13. The molecule has 29 heavy (non-hydrogen) atoms. The van der Waals surface area contributed by atoms with Crippen molar-refractivity contribution in [2.24, 2.45) is 0 Å². The number of hydrogen-bond donors (Lipinski definition) is 2. The number of thioether (sulfide) groups is 1. The summed E-state index contributed by atoms with van der Waals surface area (Å²) in [7, 11) is 3.65. The van der Waals surface area contributed by atoms with Crippen molar-refractivity contribution in [2.45, 2.75) is 17.3 Å². The second-order valence-electron chi connectivity index (χ2n) is 6.51. The zero-order valence-corrected chi connectivity index (χ0v) is 16.9. The van der Waals surface area contributed by atoms with Gasteiger partial charge in [0.05, 0.1) is 17.1 Å². The maximum absolute atomic E-state index is 12.5. The van der Waals surface area contributed by atoms with Crippen LogP contribution in [0.1, 0.15) is 18.0 Å². The Morgan fingerprint density at radius 3 is 2.62 bits per heavy atom. The SMILES string of the molecule is C[C@@H](Sc1nc2c(cnn2-c2ccccc2)c(=O)[nH]1)c1nc(N)nc(N(C)C)n1. The van der Waals surface area contributed by atoms with E-state index in [1.807, 2.05) is 51.4 Å². The van der Waals surface area contributed by atoms with Gasteiger partial charge in [-0.05, 0) is 19.1 Å². The molecular formula is C18H19N9OS. The molecule has 0 spiro atoms. The molecule has 0 saturated heterocycles. The van der Waals surface area contributed by atoms with Gasteiger partial charge < -0.3 is 15.6 Å². The summed E-state index contributed by atoms with van der Waals surface area (Å²) in [6.45, 7) is 1.91. The fraction of sp³-hybridized carbons (Fsp3) is 0.222. The van der Waals surface area contributed by atoms with Crippen LogP contribution >= 0.6 is 11.8 Å². The first-order valence-corrected chi connectivity index (χ1v) is 9.69. The van der Waals surface area contributed by atoms with Crippen LogP contribution in [0.5, 0.6) is 0 Å². The standard InChI is InChI=1S/C18H19N9OS/c1-10(13-21-16(19)25-17(22-13)26(2)3)29-18-23-14-12(15(28)24-18)9-20-27(14)11-7-5-4-6-8-11/h4-10H,1-3H3,(H,23,24,28)(H2,19,21,22,25)/t10-/m1/s1. The third kappa shape index (κ3) is 3.76. The van der Waals surface area contributed by atoms with Crippen molar-refractivity contribution < 1.29 is 0 Å². The van der Waals surface area contributed by atoms with Gasteiger partial charge in [0.2, 0.25) is 11.9 Å². The minimum atomic E-state index is -0.254. The van der Waals surface area contributed by atoms with E-state index in [1.54, 1.807) is 9.58 Å². The Morgan fingerprint density at radius 2 is 1.90 bits per heavy atom. The summed E-state index contributed by atoms with van der Waals surface area (Å²) in [6, 6.07) is 9.53. The number of nitrogen functional groups attached to an aromatic ring is 1. The molecule has 0 aliphatic carbocycles. The summed E-state index contributed by atoms with van der Waals surface area (Å²) in [6.07, 6.45) is 1.52. The highest BCUT2D eigenvalue weighted by molar-refractivity contribution is 7.99. The first kappa shape index (κ1) is 18.9. The fourth-order valence-corrected chi connectivity index (χ4v) is 3.55. The molecule has 4 rings (SSSR count). The fourth-order valence-electron chi connectivity index (χ4n) is 2.71. The van der Waals surface area contributed by atoms with Crippen LogP contribution in [0.2, 0.25) is 0 Å². The molecule has 11 heteroatoms. The van der Waals surface area contributed by atoms with Gasteiger partial charge in [-0.25, -0.2) is 9.67 Å². The van der Waals surface area contributed by atoms with E-state index in [1.165, 1.54) is 18.0 Å². The number of H-pyrrole nitrogens is 1. The first-order valence-electron chi connectivity index (χ1n) is 8.81. The van der Waals surface area contributed by atoms with Crippen LogP contribution in [0.4, 0.5) is 11.9 Å². The molecule has 0 unspecified atom stereocenters. The van der Waals surface area contributed by atoms with Crippen molar-refractivity contribution in [1.29, 1.82) is 0 Å². The second kappa shape index (κ2) is 7.51. The average Bonchev–Trinajstić information content (AvgIpc) is 3.12. The van der Waals surface area contributed by atoms with Crippen molar-refractivity contribution >= 4 is 34.7 Å². The summed E-state index contributed by atoms with van der Waals surface area (Å²) >= 11 is 1.33. The zero-order chi connectivity index (χ0) is 20.5. The summed E-state index contributed by atoms with van der Waals surface area (Å²) in [5.74, 6) is 1.12. The summed E-state index contributed by atoms with van der Waals surface area (Å²) in [5, 5.41) is 4.97. The van der Waals surface area contributed by atoms with Crippen molar-refractivity contribution in [3.8, 4) is 5.69 Å². The number of benzene rings is 1. The molecule has 148 valence electrons. The predicted molar refractivity (Wildman–Crippen MR) is 112 cm³/mol. The van der Waals surface area contributed by atoms with Gasteiger partial charge >= 0.3 is 0 Å². The Labute approximate surface area is 170 Å². The zero-order valence-electron chi connectivity index (χ0n) is 16.1. The molecule has 0 aliphatic heterocycles. The lowest BCUT2D eigenvalue weighted by molar-refractivity contribution is 0.850. The Hall–Kier alpha value is -3.47. The largest absolute Gasteiger partial charge is 0.368 e. The van der Waals surface area contributed by atoms with Gasteiger partial charge in [-0.3, -0.25) is 4.79 Å². The molecule has 1 aromatic carbocycles. The highest BCUT2D eigenvalue weighted by Gasteiger charge is 2.18. The van der Waals surface area contributed by atoms with Crippen molar-refractivity contribution in [1.82, 2.24) is 34.7 Å². The number of fused-ring (bicyclic) bond motifs is 1. The van der Waals surface area contributed by atoms with Crippen LogP contribution in [0.25, 0.3) is 16.7 Å². The number of nitrogens with zero attached hydrogens (tertiary/aromatic N) is 7. The van der Waals surface area contributed by atoms with Gasteiger partial charge in [0.15, 0.2) is 10.8 Å². The minimum absolute atomic E-state index is 0.144. The molecule has 0 aliphatic rings. The Morgan fingerprint density at radius 1 is 1.14 bits per heavy atom. The van der Waals surface area contributed by atoms with Crippen LogP contribution in [-0.4, -0.2) is 48.8 Å². The predicted octanol–water partition coefficient (Wildman–Crippen LogP) is 1.80. The molecule has 0 radical (unpaired) electrons. The molecule has 0 fully saturated rings. The van der Waals surface area contributed by atoms with Crippen LogP contribution < -0.4 is 16.2 Å². The summed E-state index contributed by atoms with van der Waals surface area (Å²) in [5.41, 5.74) is 6.87. The molecular weight excluding hydrogens is 390 g/mol. The smallest absolute Gasteiger partial charge is 0.262 e. The molecule has 3 aromatic heterocycles. The highest BCUT2D eigenvalue weighted by Crippen LogP contribution is 2.31. The highest BCUT2D eigenvalue weighted by atomic mass is 32.2. The quantitative estimate of drug-likeness (QED) is 0.374. The normalized spacial score (nSPS) is 12.2. The lowest BCUT2D eigenvalue weighted by Gasteiger charge is -2.14. The van der Waals surface area contributed by atoms with Gasteiger partial charge in [-0.15, -0.1) is 0 Å². The van der Waals surface area contributed by atoms with E-state index in [0.717, 1.165) is 5.69 Å². The van der Waals surface area contributed by atoms with Crippen LogP contribution in [-0.2, 0) is 0 Å². The van der Waals surface area contributed by atoms with E-state index in [2.05, 4.69) is 30.0 Å².